The fraction of sp³-hybridized carbons (Fsp3) is 0.217. The predicted molar refractivity (Wildman–Crippen MR) is 111 cm³/mol. The number of pyridine rings is 1. The van der Waals surface area contributed by atoms with Crippen molar-refractivity contribution in [3.8, 4) is 5.75 Å². The molecule has 0 atom stereocenters. The van der Waals surface area contributed by atoms with Crippen LogP contribution in [0.1, 0.15) is 28.0 Å². The maximum Gasteiger partial charge on any atom is 0.276 e. The zero-order valence-corrected chi connectivity index (χ0v) is 15.9. The Balaban J connectivity index is 1.52. The van der Waals surface area contributed by atoms with Gasteiger partial charge >= 0.3 is 0 Å². The van der Waals surface area contributed by atoms with Gasteiger partial charge in [-0.25, -0.2) is 0 Å². The fourth-order valence-electron chi connectivity index (χ4n) is 3.59. The summed E-state index contributed by atoms with van der Waals surface area (Å²) in [7, 11) is 1.67. The third kappa shape index (κ3) is 3.69. The maximum absolute atomic E-state index is 13.1. The Morgan fingerprint density at radius 2 is 1.96 bits per heavy atom. The normalized spacial score (nSPS) is 13.0. The molecule has 28 heavy (non-hydrogen) atoms. The van der Waals surface area contributed by atoms with E-state index in [1.807, 2.05) is 59.5 Å². The van der Waals surface area contributed by atoms with Crippen LogP contribution in [0, 0.1) is 0 Å². The molecule has 1 amide bonds. The van der Waals surface area contributed by atoms with E-state index in [-0.39, 0.29) is 5.91 Å². The smallest absolute Gasteiger partial charge is 0.276 e. The van der Waals surface area contributed by atoms with Crippen molar-refractivity contribution in [3.63, 3.8) is 0 Å². The molecule has 0 aliphatic carbocycles. The second-order valence-corrected chi connectivity index (χ2v) is 6.78. The molecular weight excluding hydrogens is 350 g/mol. The largest absolute Gasteiger partial charge is 0.496 e. The van der Waals surface area contributed by atoms with Gasteiger partial charge in [-0.15, -0.1) is 0 Å². The molecule has 0 radical (unpaired) electrons. The number of rotatable bonds is 5. The molecule has 1 aliphatic rings. The van der Waals surface area contributed by atoms with Crippen LogP contribution in [-0.2, 0) is 13.0 Å². The zero-order valence-electron chi connectivity index (χ0n) is 15.9. The molecule has 2 heterocycles. The first-order chi connectivity index (χ1) is 13.8. The molecule has 0 bridgehead atoms. The van der Waals surface area contributed by atoms with Crippen LogP contribution in [-0.4, -0.2) is 24.5 Å². The molecule has 0 saturated heterocycles. The Hall–Kier alpha value is -3.34. The molecule has 1 aliphatic heterocycles. The molecule has 1 aromatic heterocycles. The number of methoxy groups -OCH3 is 1. The van der Waals surface area contributed by atoms with Gasteiger partial charge in [0.25, 0.3) is 5.91 Å². The summed E-state index contributed by atoms with van der Waals surface area (Å²) < 4.78 is 5.40. The van der Waals surface area contributed by atoms with Crippen molar-refractivity contribution in [3.05, 3.63) is 83.7 Å². The number of aryl methyl sites for hydroxylation is 1. The number of benzene rings is 2. The van der Waals surface area contributed by atoms with Gasteiger partial charge in [0.1, 0.15) is 11.4 Å². The van der Waals surface area contributed by atoms with Crippen LogP contribution in [0.3, 0.4) is 0 Å². The molecule has 3 aromatic rings. The SMILES string of the molecule is COc1ccccc1CNc1ccnc(C(=O)N2CCCc3ccccc32)c1. The van der Waals surface area contributed by atoms with E-state index in [1.165, 1.54) is 5.56 Å². The number of hydrogen-bond donors (Lipinski definition) is 1. The van der Waals surface area contributed by atoms with Crippen LogP contribution in [0.5, 0.6) is 5.75 Å². The summed E-state index contributed by atoms with van der Waals surface area (Å²) in [5.74, 6) is 0.776. The first-order valence-corrected chi connectivity index (χ1v) is 9.48. The molecule has 1 N–H and O–H groups in total. The van der Waals surface area contributed by atoms with Crippen molar-refractivity contribution in [1.82, 2.24) is 4.98 Å². The van der Waals surface area contributed by atoms with Gasteiger partial charge in [0.15, 0.2) is 0 Å². The van der Waals surface area contributed by atoms with Gasteiger partial charge in [0, 0.05) is 36.2 Å². The number of nitrogens with one attached hydrogen (secondary N) is 1. The highest BCUT2D eigenvalue weighted by atomic mass is 16.5. The van der Waals surface area contributed by atoms with Crippen LogP contribution in [0.2, 0.25) is 0 Å². The van der Waals surface area contributed by atoms with E-state index in [4.69, 9.17) is 4.74 Å². The summed E-state index contributed by atoms with van der Waals surface area (Å²) >= 11 is 0. The number of carbonyl (C=O) groups excluding carboxylic acids is 1. The van der Waals surface area contributed by atoms with E-state index in [9.17, 15) is 4.79 Å². The molecule has 4 rings (SSSR count). The lowest BCUT2D eigenvalue weighted by atomic mass is 10.0. The number of hydrogen-bond acceptors (Lipinski definition) is 4. The highest BCUT2D eigenvalue weighted by molar-refractivity contribution is 6.05. The average molecular weight is 373 g/mol. The lowest BCUT2D eigenvalue weighted by molar-refractivity contribution is 0.0980. The summed E-state index contributed by atoms with van der Waals surface area (Å²) in [6.07, 6.45) is 3.65. The molecule has 2 aromatic carbocycles. The highest BCUT2D eigenvalue weighted by Gasteiger charge is 2.24. The molecule has 5 heteroatoms. The second-order valence-electron chi connectivity index (χ2n) is 6.78. The molecule has 5 nitrogen and oxygen atoms in total. The van der Waals surface area contributed by atoms with Crippen molar-refractivity contribution in [2.45, 2.75) is 19.4 Å². The van der Waals surface area contributed by atoms with Gasteiger partial charge in [-0.05, 0) is 42.7 Å². The number of carbonyl (C=O) groups is 1. The van der Waals surface area contributed by atoms with Crippen LogP contribution in [0.15, 0.2) is 66.9 Å². The first kappa shape index (κ1) is 18.0. The van der Waals surface area contributed by atoms with E-state index >= 15 is 0 Å². The minimum Gasteiger partial charge on any atom is -0.496 e. The first-order valence-electron chi connectivity index (χ1n) is 9.48. The van der Waals surface area contributed by atoms with Crippen LogP contribution in [0.25, 0.3) is 0 Å². The zero-order chi connectivity index (χ0) is 19.3. The quantitative estimate of drug-likeness (QED) is 0.725. The number of para-hydroxylation sites is 2. The number of ether oxygens (including phenoxy) is 1. The number of anilines is 2. The summed E-state index contributed by atoms with van der Waals surface area (Å²) in [6.45, 7) is 1.32. The molecular formula is C23H23N3O2. The summed E-state index contributed by atoms with van der Waals surface area (Å²) in [5, 5.41) is 3.36. The minimum absolute atomic E-state index is 0.0620. The lowest BCUT2D eigenvalue weighted by Crippen LogP contribution is -2.35. The monoisotopic (exact) mass is 373 g/mol. The van der Waals surface area contributed by atoms with Crippen molar-refractivity contribution in [1.29, 1.82) is 0 Å². The second kappa shape index (κ2) is 8.13. The molecule has 0 saturated carbocycles. The lowest BCUT2D eigenvalue weighted by Gasteiger charge is -2.29. The highest BCUT2D eigenvalue weighted by Crippen LogP contribution is 2.28. The summed E-state index contributed by atoms with van der Waals surface area (Å²) in [6, 6.07) is 19.7. The van der Waals surface area contributed by atoms with Crippen molar-refractivity contribution < 1.29 is 9.53 Å². The Labute approximate surface area is 165 Å². The molecule has 0 spiro atoms. The number of aromatic nitrogens is 1. The third-order valence-electron chi connectivity index (χ3n) is 5.01. The van der Waals surface area contributed by atoms with Crippen molar-refractivity contribution >= 4 is 17.3 Å². The van der Waals surface area contributed by atoms with Crippen molar-refractivity contribution in [2.75, 3.05) is 23.9 Å². The molecule has 0 unspecified atom stereocenters. The van der Waals surface area contributed by atoms with Crippen LogP contribution < -0.4 is 15.0 Å². The summed E-state index contributed by atoms with van der Waals surface area (Å²) in [5.41, 5.74) is 4.57. The average Bonchev–Trinajstić information content (AvgIpc) is 2.77. The van der Waals surface area contributed by atoms with Crippen molar-refractivity contribution in [2.24, 2.45) is 0 Å². The van der Waals surface area contributed by atoms with Gasteiger partial charge in [-0.2, -0.15) is 0 Å². The van der Waals surface area contributed by atoms with Gasteiger partial charge in [0.2, 0.25) is 0 Å². The Bertz CT molecular complexity index is 987. The van der Waals surface area contributed by atoms with E-state index in [0.717, 1.165) is 42.1 Å². The van der Waals surface area contributed by atoms with Crippen LogP contribution >= 0.6 is 0 Å². The predicted octanol–water partition coefficient (Wildman–Crippen LogP) is 4.30. The topological polar surface area (TPSA) is 54.5 Å². The Kier molecular flexibility index (Phi) is 5.24. The number of amides is 1. The molecule has 0 fully saturated rings. The van der Waals surface area contributed by atoms with E-state index < -0.39 is 0 Å². The van der Waals surface area contributed by atoms with E-state index in [1.54, 1.807) is 13.3 Å². The Morgan fingerprint density at radius 1 is 1.14 bits per heavy atom. The van der Waals surface area contributed by atoms with E-state index in [2.05, 4.69) is 16.4 Å². The van der Waals surface area contributed by atoms with E-state index in [0.29, 0.717) is 12.2 Å². The minimum atomic E-state index is -0.0620. The van der Waals surface area contributed by atoms with Crippen LogP contribution in [0.4, 0.5) is 11.4 Å². The third-order valence-corrected chi connectivity index (χ3v) is 5.01. The maximum atomic E-state index is 13.1. The van der Waals surface area contributed by atoms with Gasteiger partial charge in [-0.3, -0.25) is 9.78 Å². The Morgan fingerprint density at radius 3 is 2.86 bits per heavy atom. The van der Waals surface area contributed by atoms with Gasteiger partial charge in [-0.1, -0.05) is 36.4 Å². The van der Waals surface area contributed by atoms with Gasteiger partial charge < -0.3 is 15.0 Å². The van der Waals surface area contributed by atoms with Gasteiger partial charge in [0.05, 0.1) is 7.11 Å². The fourth-order valence-corrected chi connectivity index (χ4v) is 3.59. The number of nitrogens with zero attached hydrogens (tertiary/aromatic N) is 2. The molecule has 142 valence electrons. The summed E-state index contributed by atoms with van der Waals surface area (Å²) in [4.78, 5) is 19.3. The number of fused-ring (bicyclic) bond motifs is 1. The standard InChI is InChI=1S/C23H23N3O2/c1-28-22-11-5-3-8-18(22)16-25-19-12-13-24-20(15-19)23(27)26-14-6-9-17-7-2-4-10-21(17)26/h2-5,7-8,10-13,15H,6,9,14,16H2,1H3,(H,24,25).